The van der Waals surface area contributed by atoms with E-state index in [9.17, 15) is 0 Å². The minimum Gasteiger partial charge on any atom is -0.326 e. The van der Waals surface area contributed by atoms with E-state index in [-0.39, 0.29) is 6.04 Å². The van der Waals surface area contributed by atoms with E-state index < -0.39 is 0 Å². The van der Waals surface area contributed by atoms with Crippen LogP contribution in [0, 0.1) is 6.92 Å². The summed E-state index contributed by atoms with van der Waals surface area (Å²) in [6, 6.07) is 6.77. The maximum atomic E-state index is 6.36. The Labute approximate surface area is 115 Å². The second-order valence-electron chi connectivity index (χ2n) is 5.29. The second-order valence-corrected chi connectivity index (χ2v) is 5.72. The molecule has 0 amide bonds. The zero-order chi connectivity index (χ0) is 13.1. The summed E-state index contributed by atoms with van der Waals surface area (Å²) in [6.45, 7) is 6.65. The van der Waals surface area contributed by atoms with E-state index in [1.165, 1.54) is 24.0 Å². The van der Waals surface area contributed by atoms with Gasteiger partial charge in [0.2, 0.25) is 0 Å². The van der Waals surface area contributed by atoms with Crippen molar-refractivity contribution >= 4 is 11.6 Å². The van der Waals surface area contributed by atoms with Gasteiger partial charge >= 0.3 is 0 Å². The minimum absolute atomic E-state index is 0.241. The van der Waals surface area contributed by atoms with Gasteiger partial charge in [0.1, 0.15) is 0 Å². The second kappa shape index (κ2) is 6.05. The van der Waals surface area contributed by atoms with Gasteiger partial charge in [0, 0.05) is 11.1 Å². The lowest BCUT2D eigenvalue weighted by Gasteiger charge is -2.40. The Morgan fingerprint density at radius 1 is 1.44 bits per heavy atom. The molecule has 1 aromatic rings. The normalized spacial score (nSPS) is 25.3. The number of nitrogens with zero attached hydrogens (tertiary/aromatic N) is 1. The molecule has 0 saturated carbocycles. The summed E-state index contributed by atoms with van der Waals surface area (Å²) in [6.07, 6.45) is 3.51. The van der Waals surface area contributed by atoms with Gasteiger partial charge in [-0.1, -0.05) is 24.6 Å². The van der Waals surface area contributed by atoms with Crippen LogP contribution >= 0.6 is 11.6 Å². The van der Waals surface area contributed by atoms with Crippen molar-refractivity contribution in [1.82, 2.24) is 4.90 Å². The van der Waals surface area contributed by atoms with Crippen LogP contribution in [0.5, 0.6) is 0 Å². The molecule has 0 bridgehead atoms. The van der Waals surface area contributed by atoms with Gasteiger partial charge in [-0.05, 0) is 62.5 Å². The predicted molar refractivity (Wildman–Crippen MR) is 78.0 cm³/mol. The molecule has 2 unspecified atom stereocenters. The predicted octanol–water partition coefficient (Wildman–Crippen LogP) is 3.52. The maximum Gasteiger partial charge on any atom is 0.0501 e. The third-order valence-corrected chi connectivity index (χ3v) is 4.08. The summed E-state index contributed by atoms with van der Waals surface area (Å²) in [5, 5.41) is 0.808. The molecular weight excluding hydrogens is 244 g/mol. The first-order chi connectivity index (χ1) is 8.63. The van der Waals surface area contributed by atoms with Crippen LogP contribution in [0.2, 0.25) is 5.02 Å². The van der Waals surface area contributed by atoms with Gasteiger partial charge in [0.15, 0.2) is 0 Å². The van der Waals surface area contributed by atoms with Crippen LogP contribution < -0.4 is 5.73 Å². The van der Waals surface area contributed by atoms with Crippen LogP contribution in [0.1, 0.15) is 43.4 Å². The Hall–Kier alpha value is -0.570. The number of benzene rings is 1. The number of likely N-dealkylation sites (tertiary alicyclic amines) is 1. The lowest BCUT2D eigenvalue weighted by Crippen LogP contribution is -2.46. The van der Waals surface area contributed by atoms with Crippen LogP contribution in [-0.4, -0.2) is 24.0 Å². The topological polar surface area (TPSA) is 29.3 Å². The Bertz CT molecular complexity index is 403. The molecule has 0 radical (unpaired) electrons. The minimum atomic E-state index is 0.241. The Kier molecular flexibility index (Phi) is 4.66. The molecule has 3 heteroatoms. The van der Waals surface area contributed by atoms with E-state index in [2.05, 4.69) is 24.8 Å². The third kappa shape index (κ3) is 2.87. The standard InChI is InChI=1S/C15H23ClN2/c1-3-8-18-9-4-5-14(17)15(18)13-7-6-12(16)10-11(13)2/h6-7,10,14-15H,3-5,8-9,17H2,1-2H3. The lowest BCUT2D eigenvalue weighted by atomic mass is 9.88. The molecule has 1 aromatic carbocycles. The van der Waals surface area contributed by atoms with Crippen molar-refractivity contribution in [1.29, 1.82) is 0 Å². The van der Waals surface area contributed by atoms with Crippen LogP contribution in [-0.2, 0) is 0 Å². The van der Waals surface area contributed by atoms with E-state index in [4.69, 9.17) is 17.3 Å². The van der Waals surface area contributed by atoms with Crippen molar-refractivity contribution < 1.29 is 0 Å². The maximum absolute atomic E-state index is 6.36. The summed E-state index contributed by atoms with van der Waals surface area (Å²) < 4.78 is 0. The van der Waals surface area contributed by atoms with Gasteiger partial charge in [-0.3, -0.25) is 4.90 Å². The highest BCUT2D eigenvalue weighted by Crippen LogP contribution is 2.33. The third-order valence-electron chi connectivity index (χ3n) is 3.84. The van der Waals surface area contributed by atoms with Crippen molar-refractivity contribution in [3.05, 3.63) is 34.3 Å². The summed E-state index contributed by atoms with van der Waals surface area (Å²) in [5.41, 5.74) is 8.97. The number of hydrogen-bond acceptors (Lipinski definition) is 2. The highest BCUT2D eigenvalue weighted by Gasteiger charge is 2.30. The van der Waals surface area contributed by atoms with E-state index >= 15 is 0 Å². The molecule has 1 fully saturated rings. The molecule has 1 aliphatic heterocycles. The molecule has 0 aliphatic carbocycles. The Morgan fingerprint density at radius 3 is 2.89 bits per heavy atom. The van der Waals surface area contributed by atoms with Crippen molar-refractivity contribution in [2.75, 3.05) is 13.1 Å². The Balaban J connectivity index is 2.31. The van der Waals surface area contributed by atoms with Gasteiger partial charge in [-0.15, -0.1) is 0 Å². The fourth-order valence-electron chi connectivity index (χ4n) is 3.03. The molecule has 2 nitrogen and oxygen atoms in total. The zero-order valence-corrected chi connectivity index (χ0v) is 12.1. The van der Waals surface area contributed by atoms with Crippen LogP contribution in [0.15, 0.2) is 18.2 Å². The highest BCUT2D eigenvalue weighted by atomic mass is 35.5. The molecule has 100 valence electrons. The van der Waals surface area contributed by atoms with Gasteiger partial charge < -0.3 is 5.73 Å². The Morgan fingerprint density at radius 2 is 2.22 bits per heavy atom. The van der Waals surface area contributed by atoms with Crippen molar-refractivity contribution in [2.24, 2.45) is 5.73 Å². The monoisotopic (exact) mass is 266 g/mol. The van der Waals surface area contributed by atoms with Crippen LogP contribution in [0.4, 0.5) is 0 Å². The van der Waals surface area contributed by atoms with Crippen molar-refractivity contribution in [3.63, 3.8) is 0 Å². The van der Waals surface area contributed by atoms with Crippen LogP contribution in [0.25, 0.3) is 0 Å². The summed E-state index contributed by atoms with van der Waals surface area (Å²) in [4.78, 5) is 2.53. The van der Waals surface area contributed by atoms with Gasteiger partial charge in [-0.25, -0.2) is 0 Å². The van der Waals surface area contributed by atoms with E-state index in [0.29, 0.717) is 6.04 Å². The average molecular weight is 267 g/mol. The lowest BCUT2D eigenvalue weighted by molar-refractivity contribution is 0.128. The molecule has 2 N–H and O–H groups in total. The first-order valence-corrected chi connectivity index (χ1v) is 7.27. The molecule has 2 atom stereocenters. The number of aryl methyl sites for hydroxylation is 1. The molecule has 18 heavy (non-hydrogen) atoms. The fraction of sp³-hybridized carbons (Fsp3) is 0.600. The molecule has 1 heterocycles. The van der Waals surface area contributed by atoms with E-state index in [0.717, 1.165) is 24.5 Å². The number of rotatable bonds is 3. The molecule has 0 spiro atoms. The zero-order valence-electron chi connectivity index (χ0n) is 11.3. The van der Waals surface area contributed by atoms with Crippen LogP contribution in [0.3, 0.4) is 0 Å². The number of piperidine rings is 1. The number of nitrogens with two attached hydrogens (primary N) is 1. The average Bonchev–Trinajstić information content (AvgIpc) is 2.31. The first kappa shape index (κ1) is 13.9. The summed E-state index contributed by atoms with van der Waals surface area (Å²) in [7, 11) is 0. The van der Waals surface area contributed by atoms with E-state index in [1.807, 2.05) is 12.1 Å². The number of halogens is 1. The highest BCUT2D eigenvalue weighted by molar-refractivity contribution is 6.30. The first-order valence-electron chi connectivity index (χ1n) is 6.89. The van der Waals surface area contributed by atoms with E-state index in [1.54, 1.807) is 0 Å². The van der Waals surface area contributed by atoms with Gasteiger partial charge in [0.05, 0.1) is 6.04 Å². The number of hydrogen-bond donors (Lipinski definition) is 1. The largest absolute Gasteiger partial charge is 0.326 e. The summed E-state index contributed by atoms with van der Waals surface area (Å²) >= 11 is 6.04. The molecule has 1 saturated heterocycles. The van der Waals surface area contributed by atoms with Gasteiger partial charge in [0.25, 0.3) is 0 Å². The molecule has 1 aliphatic rings. The van der Waals surface area contributed by atoms with Gasteiger partial charge in [-0.2, -0.15) is 0 Å². The molecule has 0 aromatic heterocycles. The van der Waals surface area contributed by atoms with Crippen molar-refractivity contribution in [2.45, 2.75) is 45.2 Å². The molecule has 2 rings (SSSR count). The summed E-state index contributed by atoms with van der Waals surface area (Å²) in [5.74, 6) is 0. The smallest absolute Gasteiger partial charge is 0.0501 e. The fourth-order valence-corrected chi connectivity index (χ4v) is 3.26. The van der Waals surface area contributed by atoms with Crippen molar-refractivity contribution in [3.8, 4) is 0 Å². The molecular formula is C15H23ClN2. The quantitative estimate of drug-likeness (QED) is 0.907. The SMILES string of the molecule is CCCN1CCCC(N)C1c1ccc(Cl)cc1C.